The molecule has 0 spiro atoms. The Kier molecular flexibility index (Phi) is 10.9. The van der Waals surface area contributed by atoms with E-state index in [1.54, 1.807) is 18.4 Å². The lowest BCUT2D eigenvalue weighted by Crippen LogP contribution is -2.53. The lowest BCUT2D eigenvalue weighted by atomic mass is 10.2. The normalized spacial score (nSPS) is 18.9. The van der Waals surface area contributed by atoms with Crippen LogP contribution in [0.3, 0.4) is 0 Å². The predicted octanol–water partition coefficient (Wildman–Crippen LogP) is 1.65. The number of furan rings is 1. The van der Waals surface area contributed by atoms with Crippen LogP contribution in [-0.2, 0) is 0 Å². The van der Waals surface area contributed by atoms with Crippen molar-refractivity contribution in [3.8, 4) is 0 Å². The van der Waals surface area contributed by atoms with Gasteiger partial charge in [-0.15, -0.1) is 24.0 Å². The molecule has 1 aromatic rings. The van der Waals surface area contributed by atoms with E-state index in [9.17, 15) is 4.79 Å². The third-order valence-corrected chi connectivity index (χ3v) is 5.91. The molecule has 170 valence electrons. The number of unbranched alkanes of at least 4 members (excludes halogenated alkanes) is 1. The molecule has 1 amide bonds. The summed E-state index contributed by atoms with van der Waals surface area (Å²) in [4.78, 5) is 26.0. The number of halogens is 1. The minimum Gasteiger partial charge on any atom is -0.459 e. The third-order valence-electron chi connectivity index (χ3n) is 5.91. The number of carbonyl (C=O) groups excluding carboxylic acids is 1. The molecule has 1 N–H and O–H groups in total. The van der Waals surface area contributed by atoms with Crippen molar-refractivity contribution in [3.63, 3.8) is 0 Å². The van der Waals surface area contributed by atoms with Gasteiger partial charge < -0.3 is 29.3 Å². The van der Waals surface area contributed by atoms with Crippen molar-refractivity contribution in [3.05, 3.63) is 24.2 Å². The zero-order valence-corrected chi connectivity index (χ0v) is 20.7. The van der Waals surface area contributed by atoms with Crippen LogP contribution in [0.5, 0.6) is 0 Å². The molecular formula is C21H37IN6O2. The average Bonchev–Trinajstić information content (AvgIpc) is 3.31. The van der Waals surface area contributed by atoms with E-state index in [2.05, 4.69) is 31.9 Å². The largest absolute Gasteiger partial charge is 0.459 e. The summed E-state index contributed by atoms with van der Waals surface area (Å²) < 4.78 is 5.23. The SMILES string of the molecule is CCN1CCN(CCCCNC(=NC)N2CCN(C(=O)c3ccco3)CC2)CC1.I. The smallest absolute Gasteiger partial charge is 0.289 e. The molecule has 3 heterocycles. The van der Waals surface area contributed by atoms with E-state index in [1.165, 1.54) is 45.7 Å². The van der Waals surface area contributed by atoms with Gasteiger partial charge in [0.2, 0.25) is 0 Å². The van der Waals surface area contributed by atoms with Crippen molar-refractivity contribution in [1.29, 1.82) is 0 Å². The third kappa shape index (κ3) is 7.12. The molecular weight excluding hydrogens is 495 g/mol. The van der Waals surface area contributed by atoms with Gasteiger partial charge in [-0.25, -0.2) is 0 Å². The minimum absolute atomic E-state index is 0. The summed E-state index contributed by atoms with van der Waals surface area (Å²) in [5.74, 6) is 1.32. The fraction of sp³-hybridized carbons (Fsp3) is 0.714. The highest BCUT2D eigenvalue weighted by atomic mass is 127. The van der Waals surface area contributed by atoms with Crippen molar-refractivity contribution in [1.82, 2.24) is 24.9 Å². The van der Waals surface area contributed by atoms with Gasteiger partial charge >= 0.3 is 0 Å². The topological polar surface area (TPSA) is 67.6 Å². The highest BCUT2D eigenvalue weighted by Gasteiger charge is 2.25. The van der Waals surface area contributed by atoms with Gasteiger partial charge in [0.15, 0.2) is 11.7 Å². The van der Waals surface area contributed by atoms with Crippen LogP contribution in [0.25, 0.3) is 0 Å². The lowest BCUT2D eigenvalue weighted by Gasteiger charge is -2.36. The average molecular weight is 532 g/mol. The second kappa shape index (κ2) is 13.2. The molecule has 0 aliphatic carbocycles. The summed E-state index contributed by atoms with van der Waals surface area (Å²) in [6.45, 7) is 13.3. The summed E-state index contributed by atoms with van der Waals surface area (Å²) in [7, 11) is 1.83. The Hall–Kier alpha value is -1.33. The van der Waals surface area contributed by atoms with Gasteiger partial charge in [0.25, 0.3) is 5.91 Å². The molecule has 1 aromatic heterocycles. The van der Waals surface area contributed by atoms with Crippen LogP contribution in [0.1, 0.15) is 30.3 Å². The number of nitrogens with zero attached hydrogens (tertiary/aromatic N) is 5. The first-order valence-electron chi connectivity index (χ1n) is 10.9. The number of amides is 1. The van der Waals surface area contributed by atoms with Gasteiger partial charge in [-0.1, -0.05) is 6.92 Å². The number of piperazine rings is 2. The van der Waals surface area contributed by atoms with Crippen LogP contribution in [0.2, 0.25) is 0 Å². The number of hydrogen-bond acceptors (Lipinski definition) is 5. The van der Waals surface area contributed by atoms with Crippen molar-refractivity contribution in [2.45, 2.75) is 19.8 Å². The monoisotopic (exact) mass is 532 g/mol. The molecule has 2 aliphatic heterocycles. The molecule has 2 aliphatic rings. The molecule has 0 radical (unpaired) electrons. The first-order chi connectivity index (χ1) is 14.2. The van der Waals surface area contributed by atoms with E-state index in [1.807, 2.05) is 11.9 Å². The number of likely N-dealkylation sites (N-methyl/N-ethyl adjacent to an activating group) is 1. The van der Waals surface area contributed by atoms with Crippen LogP contribution < -0.4 is 5.32 Å². The fourth-order valence-corrected chi connectivity index (χ4v) is 4.00. The standard InChI is InChI=1S/C21H36N6O2.HI/c1-3-24-10-12-25(13-11-24)9-5-4-8-23-21(22-2)27-16-14-26(15-17-27)20(28)19-7-6-18-29-19;/h6-7,18H,3-5,8-17H2,1-2H3,(H,22,23);1H. The van der Waals surface area contributed by atoms with E-state index in [0.29, 0.717) is 18.8 Å². The number of aliphatic imine (C=N–C) groups is 1. The zero-order valence-electron chi connectivity index (χ0n) is 18.4. The fourth-order valence-electron chi connectivity index (χ4n) is 4.00. The summed E-state index contributed by atoms with van der Waals surface area (Å²) >= 11 is 0. The van der Waals surface area contributed by atoms with Gasteiger partial charge in [-0.3, -0.25) is 9.79 Å². The molecule has 0 bridgehead atoms. The summed E-state index contributed by atoms with van der Waals surface area (Å²) in [6.07, 6.45) is 3.89. The van der Waals surface area contributed by atoms with E-state index >= 15 is 0 Å². The molecule has 2 saturated heterocycles. The number of hydrogen-bond donors (Lipinski definition) is 1. The van der Waals surface area contributed by atoms with Gasteiger partial charge in [-0.05, 0) is 38.1 Å². The molecule has 9 heteroatoms. The highest BCUT2D eigenvalue weighted by Crippen LogP contribution is 2.09. The van der Waals surface area contributed by atoms with E-state index in [4.69, 9.17) is 4.42 Å². The summed E-state index contributed by atoms with van der Waals surface area (Å²) in [5, 5.41) is 3.49. The first kappa shape index (κ1) is 24.9. The van der Waals surface area contributed by atoms with Crippen LogP contribution in [0.4, 0.5) is 0 Å². The summed E-state index contributed by atoms with van der Waals surface area (Å²) in [5.41, 5.74) is 0. The molecule has 8 nitrogen and oxygen atoms in total. The van der Waals surface area contributed by atoms with E-state index < -0.39 is 0 Å². The van der Waals surface area contributed by atoms with Crippen molar-refractivity contribution in [2.24, 2.45) is 4.99 Å². The molecule has 3 rings (SSSR count). The van der Waals surface area contributed by atoms with Crippen molar-refractivity contribution >= 4 is 35.8 Å². The summed E-state index contributed by atoms with van der Waals surface area (Å²) in [6, 6.07) is 3.47. The van der Waals surface area contributed by atoms with Crippen molar-refractivity contribution in [2.75, 3.05) is 79.0 Å². The predicted molar refractivity (Wildman–Crippen MR) is 131 cm³/mol. The Bertz CT molecular complexity index is 638. The zero-order chi connectivity index (χ0) is 20.5. The van der Waals surface area contributed by atoms with Crippen LogP contribution in [0.15, 0.2) is 27.8 Å². The number of carbonyl (C=O) groups is 1. The molecule has 0 saturated carbocycles. The quantitative estimate of drug-likeness (QED) is 0.250. The first-order valence-corrected chi connectivity index (χ1v) is 10.9. The van der Waals surface area contributed by atoms with Crippen LogP contribution in [0, 0.1) is 0 Å². The maximum Gasteiger partial charge on any atom is 0.289 e. The maximum absolute atomic E-state index is 12.4. The van der Waals surface area contributed by atoms with Crippen LogP contribution in [-0.4, -0.2) is 111 Å². The Morgan fingerprint density at radius 1 is 1.03 bits per heavy atom. The Labute approximate surface area is 197 Å². The number of rotatable bonds is 7. The van der Waals surface area contributed by atoms with Gasteiger partial charge in [0.05, 0.1) is 6.26 Å². The second-order valence-corrected chi connectivity index (χ2v) is 7.71. The Morgan fingerprint density at radius 3 is 2.30 bits per heavy atom. The van der Waals surface area contributed by atoms with Gasteiger partial charge in [-0.2, -0.15) is 0 Å². The minimum atomic E-state index is -0.0302. The Morgan fingerprint density at radius 2 is 1.70 bits per heavy atom. The molecule has 2 fully saturated rings. The number of nitrogens with one attached hydrogen (secondary N) is 1. The van der Waals surface area contributed by atoms with E-state index in [-0.39, 0.29) is 29.9 Å². The second-order valence-electron chi connectivity index (χ2n) is 7.71. The van der Waals surface area contributed by atoms with Crippen molar-refractivity contribution < 1.29 is 9.21 Å². The molecule has 0 unspecified atom stereocenters. The molecule has 0 aromatic carbocycles. The van der Waals surface area contributed by atoms with Gasteiger partial charge in [0, 0.05) is 66.0 Å². The highest BCUT2D eigenvalue weighted by molar-refractivity contribution is 14.0. The maximum atomic E-state index is 12.4. The number of guanidine groups is 1. The van der Waals surface area contributed by atoms with Gasteiger partial charge in [0.1, 0.15) is 0 Å². The molecule has 30 heavy (non-hydrogen) atoms. The van der Waals surface area contributed by atoms with E-state index in [0.717, 1.165) is 32.0 Å². The molecule has 0 atom stereocenters. The van der Waals surface area contributed by atoms with Crippen LogP contribution >= 0.6 is 24.0 Å². The lowest BCUT2D eigenvalue weighted by molar-refractivity contribution is 0.0657. The Balaban J connectivity index is 0.00000320.